The maximum Gasteiger partial charge on any atom is 0.319 e. The highest BCUT2D eigenvalue weighted by Gasteiger charge is 2.05. The van der Waals surface area contributed by atoms with E-state index in [-0.39, 0.29) is 18.4 Å². The summed E-state index contributed by atoms with van der Waals surface area (Å²) in [5.74, 6) is 1.01. The average molecular weight is 328 g/mol. The van der Waals surface area contributed by atoms with Gasteiger partial charge in [0.1, 0.15) is 12.4 Å². The Labute approximate surface area is 132 Å². The molecule has 2 N–H and O–H groups in total. The molecule has 0 heterocycles. The van der Waals surface area contributed by atoms with Gasteiger partial charge in [0.25, 0.3) is 0 Å². The second-order valence-electron chi connectivity index (χ2n) is 5.57. The third kappa shape index (κ3) is 8.51. The second-order valence-corrected chi connectivity index (χ2v) is 7.83. The van der Waals surface area contributed by atoms with E-state index in [4.69, 9.17) is 4.74 Å². The average Bonchev–Trinajstić information content (AvgIpc) is 2.37. The number of amides is 2. The number of carbonyl (C=O) groups excluding carboxylic acids is 1. The molecule has 0 unspecified atom stereocenters. The van der Waals surface area contributed by atoms with Gasteiger partial charge in [-0.3, -0.25) is 0 Å². The van der Waals surface area contributed by atoms with Crippen molar-refractivity contribution in [3.63, 3.8) is 0 Å². The van der Waals surface area contributed by atoms with Gasteiger partial charge in [0.2, 0.25) is 0 Å². The second kappa shape index (κ2) is 8.63. The molecule has 6 nitrogen and oxygen atoms in total. The van der Waals surface area contributed by atoms with Crippen LogP contribution in [0.25, 0.3) is 0 Å². The van der Waals surface area contributed by atoms with E-state index in [2.05, 4.69) is 24.5 Å². The molecule has 7 heteroatoms. The van der Waals surface area contributed by atoms with Crippen LogP contribution in [0.2, 0.25) is 0 Å². The van der Waals surface area contributed by atoms with Crippen LogP contribution >= 0.6 is 0 Å². The van der Waals surface area contributed by atoms with Gasteiger partial charge < -0.3 is 15.4 Å². The van der Waals surface area contributed by atoms with Crippen molar-refractivity contribution in [1.29, 1.82) is 0 Å². The molecule has 0 atom stereocenters. The van der Waals surface area contributed by atoms with Crippen LogP contribution in [0.15, 0.2) is 24.3 Å². The molecule has 1 aromatic rings. The number of hydrogen-bond donors (Lipinski definition) is 2. The molecule has 0 saturated carbocycles. The maximum absolute atomic E-state index is 11.7. The molecule has 0 bridgehead atoms. The minimum Gasteiger partial charge on any atom is -0.492 e. The fourth-order valence-corrected chi connectivity index (χ4v) is 2.01. The topological polar surface area (TPSA) is 84.5 Å². The molecule has 0 fully saturated rings. The van der Waals surface area contributed by atoms with Gasteiger partial charge in [0, 0.05) is 24.6 Å². The van der Waals surface area contributed by atoms with Crippen molar-refractivity contribution < 1.29 is 17.9 Å². The fourth-order valence-electron chi connectivity index (χ4n) is 1.62. The third-order valence-electron chi connectivity index (χ3n) is 2.82. The van der Waals surface area contributed by atoms with Gasteiger partial charge in [-0.2, -0.15) is 0 Å². The van der Waals surface area contributed by atoms with Crippen LogP contribution in [-0.4, -0.2) is 39.6 Å². The summed E-state index contributed by atoms with van der Waals surface area (Å²) in [6, 6.07) is 6.58. The molecule has 1 aromatic carbocycles. The monoisotopic (exact) mass is 328 g/mol. The van der Waals surface area contributed by atoms with Crippen LogP contribution in [0.5, 0.6) is 5.75 Å². The number of nitrogens with one attached hydrogen (secondary N) is 2. The van der Waals surface area contributed by atoms with Crippen LogP contribution < -0.4 is 15.4 Å². The molecule has 0 aliphatic heterocycles. The van der Waals surface area contributed by atoms with Crippen LogP contribution in [0, 0.1) is 5.92 Å². The molecular formula is C15H24N2O4S. The Hall–Kier alpha value is -1.76. The molecule has 1 rings (SSSR count). The molecule has 22 heavy (non-hydrogen) atoms. The summed E-state index contributed by atoms with van der Waals surface area (Å²) in [6.45, 7) is 4.89. The Morgan fingerprint density at radius 2 is 2.05 bits per heavy atom. The molecule has 2 amide bonds. The lowest BCUT2D eigenvalue weighted by Crippen LogP contribution is -2.30. The predicted molar refractivity (Wildman–Crippen MR) is 88.1 cm³/mol. The number of anilines is 1. The highest BCUT2D eigenvalue weighted by molar-refractivity contribution is 7.90. The van der Waals surface area contributed by atoms with E-state index in [1.165, 1.54) is 0 Å². The molecule has 0 aliphatic rings. The van der Waals surface area contributed by atoms with Gasteiger partial charge >= 0.3 is 6.03 Å². The number of ether oxygens (including phenoxy) is 1. The van der Waals surface area contributed by atoms with E-state index >= 15 is 0 Å². The van der Waals surface area contributed by atoms with Crippen molar-refractivity contribution in [3.8, 4) is 5.75 Å². The van der Waals surface area contributed by atoms with Gasteiger partial charge in [-0.15, -0.1) is 0 Å². The van der Waals surface area contributed by atoms with Gasteiger partial charge in [-0.05, 0) is 24.5 Å². The van der Waals surface area contributed by atoms with Crippen LogP contribution in [-0.2, 0) is 9.84 Å². The molecule has 0 spiro atoms. The number of carbonyl (C=O) groups is 1. The summed E-state index contributed by atoms with van der Waals surface area (Å²) in [6.07, 6.45) is 2.08. The zero-order valence-corrected chi connectivity index (χ0v) is 14.1. The Morgan fingerprint density at radius 1 is 1.32 bits per heavy atom. The quantitative estimate of drug-likeness (QED) is 0.767. The van der Waals surface area contributed by atoms with E-state index in [1.54, 1.807) is 24.3 Å². The molecule has 0 aliphatic carbocycles. The Kier molecular flexibility index (Phi) is 7.17. The van der Waals surface area contributed by atoms with Gasteiger partial charge in [-0.1, -0.05) is 19.9 Å². The minimum absolute atomic E-state index is 0.0413. The molecule has 0 radical (unpaired) electrons. The van der Waals surface area contributed by atoms with Crippen molar-refractivity contribution in [2.75, 3.05) is 30.5 Å². The first-order chi connectivity index (χ1) is 10.3. The normalized spacial score (nSPS) is 11.3. The van der Waals surface area contributed by atoms with Crippen molar-refractivity contribution >= 4 is 21.6 Å². The lowest BCUT2D eigenvalue weighted by atomic mass is 10.1. The Bertz CT molecular complexity index is 585. The first-order valence-corrected chi connectivity index (χ1v) is 9.28. The zero-order valence-electron chi connectivity index (χ0n) is 13.3. The molecule has 124 valence electrons. The zero-order chi connectivity index (χ0) is 16.6. The Balaban J connectivity index is 2.44. The first kappa shape index (κ1) is 18.3. The first-order valence-electron chi connectivity index (χ1n) is 7.22. The highest BCUT2D eigenvalue weighted by Crippen LogP contribution is 2.17. The summed E-state index contributed by atoms with van der Waals surface area (Å²) >= 11 is 0. The van der Waals surface area contributed by atoms with Crippen LogP contribution in [0.4, 0.5) is 10.5 Å². The van der Waals surface area contributed by atoms with Gasteiger partial charge in [0.05, 0.1) is 5.75 Å². The number of urea groups is 1. The third-order valence-corrected chi connectivity index (χ3v) is 3.73. The summed E-state index contributed by atoms with van der Waals surface area (Å²) in [5, 5.41) is 5.49. The smallest absolute Gasteiger partial charge is 0.319 e. The largest absolute Gasteiger partial charge is 0.492 e. The molecular weight excluding hydrogens is 304 g/mol. The van der Waals surface area contributed by atoms with Gasteiger partial charge in [0.15, 0.2) is 9.84 Å². The summed E-state index contributed by atoms with van der Waals surface area (Å²) < 4.78 is 27.4. The van der Waals surface area contributed by atoms with E-state index in [0.717, 1.165) is 12.7 Å². The number of benzene rings is 1. The summed E-state index contributed by atoms with van der Waals surface area (Å²) in [5.41, 5.74) is 0.596. The van der Waals surface area contributed by atoms with Crippen molar-refractivity contribution in [3.05, 3.63) is 24.3 Å². The van der Waals surface area contributed by atoms with Crippen LogP contribution in [0.1, 0.15) is 20.3 Å². The van der Waals surface area contributed by atoms with E-state index in [0.29, 0.717) is 23.9 Å². The molecule has 0 aromatic heterocycles. The lowest BCUT2D eigenvalue weighted by Gasteiger charge is -2.10. The number of rotatable bonds is 8. The predicted octanol–water partition coefficient (Wildman–Crippen LogP) is 2.28. The summed E-state index contributed by atoms with van der Waals surface area (Å²) in [7, 11) is -3.05. The number of hydrogen-bond acceptors (Lipinski definition) is 4. The van der Waals surface area contributed by atoms with E-state index in [9.17, 15) is 13.2 Å². The standard InChI is InChI=1S/C15H24N2O4S/c1-12(2)7-8-16-15(18)17-13-5-4-6-14(11-13)21-9-10-22(3,19)20/h4-6,11-12H,7-10H2,1-3H3,(H2,16,17,18). The summed E-state index contributed by atoms with van der Waals surface area (Å²) in [4.78, 5) is 11.7. The van der Waals surface area contributed by atoms with Gasteiger partial charge in [-0.25, -0.2) is 13.2 Å². The molecule has 0 saturated heterocycles. The lowest BCUT2D eigenvalue weighted by molar-refractivity contribution is 0.251. The van der Waals surface area contributed by atoms with E-state index in [1.807, 2.05) is 0 Å². The SMILES string of the molecule is CC(C)CCNC(=O)Nc1cccc(OCCS(C)(=O)=O)c1. The van der Waals surface area contributed by atoms with Crippen molar-refractivity contribution in [1.82, 2.24) is 5.32 Å². The Morgan fingerprint density at radius 3 is 2.68 bits per heavy atom. The fraction of sp³-hybridized carbons (Fsp3) is 0.533. The van der Waals surface area contributed by atoms with Crippen molar-refractivity contribution in [2.45, 2.75) is 20.3 Å². The van der Waals surface area contributed by atoms with Crippen LogP contribution in [0.3, 0.4) is 0 Å². The van der Waals surface area contributed by atoms with Crippen molar-refractivity contribution in [2.24, 2.45) is 5.92 Å². The highest BCUT2D eigenvalue weighted by atomic mass is 32.2. The van der Waals surface area contributed by atoms with E-state index < -0.39 is 9.84 Å². The number of sulfone groups is 1. The maximum atomic E-state index is 11.7. The minimum atomic E-state index is -3.05.